The van der Waals surface area contributed by atoms with Crippen molar-refractivity contribution in [3.05, 3.63) is 79.7 Å². The van der Waals surface area contributed by atoms with Gasteiger partial charge in [0.15, 0.2) is 23.0 Å². The standard InChI is InChI=1S/C25H23BrCl2N2O5/c1-4-34-23-10-15(9-19(26)24(23)35-14-17-5-7-18(27)12-20(17)28)13-29-30-25(31)16-6-8-21(32-2)22(11-16)33-3/h5-13H,4,14H2,1-3H3,(H,30,31)/b29-13+. The van der Waals surface area contributed by atoms with Crippen LogP contribution in [0.3, 0.4) is 0 Å². The number of methoxy groups -OCH3 is 2. The summed E-state index contributed by atoms with van der Waals surface area (Å²) in [6, 6.07) is 13.6. The van der Waals surface area contributed by atoms with E-state index in [-0.39, 0.29) is 6.61 Å². The number of hydrogen-bond donors (Lipinski definition) is 1. The zero-order valence-corrected chi connectivity index (χ0v) is 22.3. The molecule has 10 heteroatoms. The number of carbonyl (C=O) groups excluding carboxylic acids is 1. The number of hydrogen-bond acceptors (Lipinski definition) is 6. The van der Waals surface area contributed by atoms with Crippen LogP contribution in [0.2, 0.25) is 10.0 Å². The van der Waals surface area contributed by atoms with Gasteiger partial charge in [0, 0.05) is 21.2 Å². The van der Waals surface area contributed by atoms with E-state index < -0.39 is 5.91 Å². The highest BCUT2D eigenvalue weighted by Gasteiger charge is 2.14. The summed E-state index contributed by atoms with van der Waals surface area (Å²) in [5, 5.41) is 5.12. The van der Waals surface area contributed by atoms with E-state index in [1.807, 2.05) is 6.92 Å². The topological polar surface area (TPSA) is 78.4 Å². The lowest BCUT2D eigenvalue weighted by Gasteiger charge is -2.15. The molecule has 0 fully saturated rings. The molecule has 0 aliphatic heterocycles. The summed E-state index contributed by atoms with van der Waals surface area (Å²) in [6.45, 7) is 2.53. The summed E-state index contributed by atoms with van der Waals surface area (Å²) in [5.41, 5.74) is 4.35. The van der Waals surface area contributed by atoms with Crippen molar-refractivity contribution in [1.29, 1.82) is 0 Å². The van der Waals surface area contributed by atoms with Crippen LogP contribution in [0.4, 0.5) is 0 Å². The molecule has 1 amide bonds. The van der Waals surface area contributed by atoms with Gasteiger partial charge in [-0.15, -0.1) is 0 Å². The van der Waals surface area contributed by atoms with Gasteiger partial charge in [0.1, 0.15) is 6.61 Å². The predicted octanol–water partition coefficient (Wildman–Crippen LogP) is 6.51. The molecule has 0 unspecified atom stereocenters. The summed E-state index contributed by atoms with van der Waals surface area (Å²) < 4.78 is 22.8. The molecular formula is C25H23BrCl2N2O5. The number of rotatable bonds is 10. The second-order valence-corrected chi connectivity index (χ2v) is 8.75. The first-order valence-corrected chi connectivity index (χ1v) is 12.0. The zero-order chi connectivity index (χ0) is 25.4. The number of halogens is 3. The van der Waals surface area contributed by atoms with Gasteiger partial charge in [-0.2, -0.15) is 5.10 Å². The predicted molar refractivity (Wildman–Crippen MR) is 141 cm³/mol. The summed E-state index contributed by atoms with van der Waals surface area (Å²) in [7, 11) is 3.03. The molecule has 0 atom stereocenters. The molecule has 0 heterocycles. The van der Waals surface area contributed by atoms with Crippen LogP contribution in [-0.2, 0) is 6.61 Å². The minimum Gasteiger partial charge on any atom is -0.493 e. The average Bonchev–Trinajstić information content (AvgIpc) is 2.84. The highest BCUT2D eigenvalue weighted by atomic mass is 79.9. The molecule has 3 rings (SSSR count). The van der Waals surface area contributed by atoms with Crippen LogP contribution >= 0.6 is 39.1 Å². The van der Waals surface area contributed by atoms with E-state index >= 15 is 0 Å². The van der Waals surface area contributed by atoms with E-state index in [2.05, 4.69) is 26.5 Å². The number of nitrogens with one attached hydrogen (secondary N) is 1. The van der Waals surface area contributed by atoms with Crippen LogP contribution in [0, 0.1) is 0 Å². The van der Waals surface area contributed by atoms with E-state index in [9.17, 15) is 4.79 Å². The Labute approximate surface area is 222 Å². The first-order chi connectivity index (χ1) is 16.9. The van der Waals surface area contributed by atoms with Crippen LogP contribution in [-0.4, -0.2) is 32.9 Å². The Hall–Kier alpha value is -2.94. The smallest absolute Gasteiger partial charge is 0.271 e. The van der Waals surface area contributed by atoms with E-state index in [4.69, 9.17) is 42.1 Å². The highest BCUT2D eigenvalue weighted by Crippen LogP contribution is 2.37. The fourth-order valence-electron chi connectivity index (χ4n) is 3.06. The van der Waals surface area contributed by atoms with Crippen molar-refractivity contribution < 1.29 is 23.7 Å². The fraction of sp³-hybridized carbons (Fsp3) is 0.200. The molecule has 0 saturated heterocycles. The monoisotopic (exact) mass is 580 g/mol. The average molecular weight is 582 g/mol. The maximum absolute atomic E-state index is 12.5. The zero-order valence-electron chi connectivity index (χ0n) is 19.2. The molecule has 0 saturated carbocycles. The summed E-state index contributed by atoms with van der Waals surface area (Å²) in [4.78, 5) is 12.5. The molecule has 7 nitrogen and oxygen atoms in total. The van der Waals surface area contributed by atoms with Crippen LogP contribution in [0.5, 0.6) is 23.0 Å². The molecule has 184 valence electrons. The van der Waals surface area contributed by atoms with Crippen molar-refractivity contribution in [2.45, 2.75) is 13.5 Å². The number of ether oxygens (including phenoxy) is 4. The van der Waals surface area contributed by atoms with Crippen LogP contribution in [0.1, 0.15) is 28.4 Å². The number of benzene rings is 3. The van der Waals surface area contributed by atoms with Crippen molar-refractivity contribution >= 4 is 51.3 Å². The van der Waals surface area contributed by atoms with Crippen molar-refractivity contribution in [3.8, 4) is 23.0 Å². The SMILES string of the molecule is CCOc1cc(/C=N/NC(=O)c2ccc(OC)c(OC)c2)cc(Br)c1OCc1ccc(Cl)cc1Cl. The Balaban J connectivity index is 1.73. The summed E-state index contributed by atoms with van der Waals surface area (Å²) in [6.07, 6.45) is 1.51. The third-order valence-corrected chi connectivity index (χ3v) is 5.92. The lowest BCUT2D eigenvalue weighted by molar-refractivity contribution is 0.0954. The molecule has 0 aliphatic carbocycles. The third-order valence-electron chi connectivity index (χ3n) is 4.74. The van der Waals surface area contributed by atoms with Gasteiger partial charge in [0.25, 0.3) is 5.91 Å². The molecule has 3 aromatic rings. The van der Waals surface area contributed by atoms with Gasteiger partial charge in [-0.25, -0.2) is 5.43 Å². The largest absolute Gasteiger partial charge is 0.493 e. The second kappa shape index (κ2) is 12.7. The number of carbonyl (C=O) groups is 1. The Morgan fingerprint density at radius 3 is 2.46 bits per heavy atom. The molecule has 0 aliphatic rings. The van der Waals surface area contributed by atoms with Crippen LogP contribution < -0.4 is 24.4 Å². The van der Waals surface area contributed by atoms with Gasteiger partial charge in [-0.05, 0) is 70.9 Å². The fourth-order valence-corrected chi connectivity index (χ4v) is 4.10. The van der Waals surface area contributed by atoms with Crippen molar-refractivity contribution in [2.24, 2.45) is 5.10 Å². The minimum atomic E-state index is -0.397. The van der Waals surface area contributed by atoms with Crippen molar-refractivity contribution in [3.63, 3.8) is 0 Å². The number of hydrazone groups is 1. The van der Waals surface area contributed by atoms with E-state index in [0.29, 0.717) is 55.2 Å². The maximum atomic E-state index is 12.5. The number of nitrogens with zero attached hydrogens (tertiary/aromatic N) is 1. The third kappa shape index (κ3) is 7.04. The van der Waals surface area contributed by atoms with Crippen molar-refractivity contribution in [2.75, 3.05) is 20.8 Å². The Morgan fingerprint density at radius 1 is 1.00 bits per heavy atom. The molecule has 3 aromatic carbocycles. The Bertz CT molecular complexity index is 1240. The molecule has 0 spiro atoms. The molecule has 1 N–H and O–H groups in total. The lowest BCUT2D eigenvalue weighted by Crippen LogP contribution is -2.17. The van der Waals surface area contributed by atoms with E-state index in [1.54, 1.807) is 48.5 Å². The van der Waals surface area contributed by atoms with Gasteiger partial charge < -0.3 is 18.9 Å². The Morgan fingerprint density at radius 2 is 1.77 bits per heavy atom. The summed E-state index contributed by atoms with van der Waals surface area (Å²) in [5.74, 6) is 1.61. The first kappa shape index (κ1) is 26.7. The molecule has 0 radical (unpaired) electrons. The van der Waals surface area contributed by atoms with E-state index in [1.165, 1.54) is 20.4 Å². The molecule has 35 heavy (non-hydrogen) atoms. The summed E-state index contributed by atoms with van der Waals surface area (Å²) >= 11 is 15.7. The normalized spacial score (nSPS) is 10.8. The molecular weight excluding hydrogens is 559 g/mol. The van der Waals surface area contributed by atoms with E-state index in [0.717, 1.165) is 5.56 Å². The maximum Gasteiger partial charge on any atom is 0.271 e. The molecule has 0 aromatic heterocycles. The lowest BCUT2D eigenvalue weighted by atomic mass is 10.2. The quantitative estimate of drug-likeness (QED) is 0.218. The van der Waals surface area contributed by atoms with Gasteiger partial charge >= 0.3 is 0 Å². The van der Waals surface area contributed by atoms with Gasteiger partial charge in [0.05, 0.1) is 31.5 Å². The molecule has 0 bridgehead atoms. The Kier molecular flexibility index (Phi) is 9.65. The number of amides is 1. The van der Waals surface area contributed by atoms with Gasteiger partial charge in [-0.3, -0.25) is 4.79 Å². The van der Waals surface area contributed by atoms with Gasteiger partial charge in [-0.1, -0.05) is 29.3 Å². The van der Waals surface area contributed by atoms with Crippen LogP contribution in [0.25, 0.3) is 0 Å². The first-order valence-electron chi connectivity index (χ1n) is 10.4. The van der Waals surface area contributed by atoms with Crippen molar-refractivity contribution in [1.82, 2.24) is 5.43 Å². The van der Waals surface area contributed by atoms with Gasteiger partial charge in [0.2, 0.25) is 0 Å². The second-order valence-electron chi connectivity index (χ2n) is 7.06. The van der Waals surface area contributed by atoms with Crippen LogP contribution in [0.15, 0.2) is 58.1 Å². The minimum absolute atomic E-state index is 0.226. The highest BCUT2D eigenvalue weighted by molar-refractivity contribution is 9.10.